The van der Waals surface area contributed by atoms with Crippen LogP contribution in [0.5, 0.6) is 5.75 Å². The van der Waals surface area contributed by atoms with Gasteiger partial charge in [-0.3, -0.25) is 14.3 Å². The van der Waals surface area contributed by atoms with Crippen molar-refractivity contribution in [2.24, 2.45) is 13.0 Å². The lowest BCUT2D eigenvalue weighted by Crippen LogP contribution is -2.41. The van der Waals surface area contributed by atoms with Gasteiger partial charge in [-0.25, -0.2) is 0 Å². The van der Waals surface area contributed by atoms with Gasteiger partial charge in [-0.1, -0.05) is 6.92 Å². The van der Waals surface area contributed by atoms with Crippen LogP contribution in [0.2, 0.25) is 0 Å². The molecule has 0 saturated heterocycles. The van der Waals surface area contributed by atoms with Gasteiger partial charge < -0.3 is 14.7 Å². The summed E-state index contributed by atoms with van der Waals surface area (Å²) in [6.07, 6.45) is 1.87. The van der Waals surface area contributed by atoms with Gasteiger partial charge in [0.15, 0.2) is 12.4 Å². The van der Waals surface area contributed by atoms with Gasteiger partial charge in [0.05, 0.1) is 11.6 Å². The highest BCUT2D eigenvalue weighted by Gasteiger charge is 2.34. The van der Waals surface area contributed by atoms with E-state index < -0.39 is 11.9 Å². The largest absolute Gasteiger partial charge is 0.481 e. The summed E-state index contributed by atoms with van der Waals surface area (Å²) < 4.78 is 7.34. The van der Waals surface area contributed by atoms with Crippen molar-refractivity contribution in [3.05, 3.63) is 11.4 Å². The molecule has 1 saturated carbocycles. The highest BCUT2D eigenvalue weighted by atomic mass is 16.5. The zero-order valence-corrected chi connectivity index (χ0v) is 13.5. The molecule has 7 nitrogen and oxygen atoms in total. The predicted molar refractivity (Wildman–Crippen MR) is 79.7 cm³/mol. The molecule has 1 aromatic rings. The van der Waals surface area contributed by atoms with Crippen LogP contribution in [0.15, 0.2) is 0 Å². The molecule has 1 heterocycles. The lowest BCUT2D eigenvalue weighted by molar-refractivity contribution is -0.143. The molecule has 1 fully saturated rings. The third-order valence-electron chi connectivity index (χ3n) is 3.98. The number of hydrogen-bond acceptors (Lipinski definition) is 4. The van der Waals surface area contributed by atoms with Crippen LogP contribution in [-0.4, -0.2) is 50.9 Å². The second kappa shape index (κ2) is 6.37. The fourth-order valence-corrected chi connectivity index (χ4v) is 2.39. The van der Waals surface area contributed by atoms with Crippen LogP contribution in [0.25, 0.3) is 0 Å². The van der Waals surface area contributed by atoms with E-state index in [0.29, 0.717) is 5.75 Å². The minimum absolute atomic E-state index is 0.0871. The predicted octanol–water partition coefficient (Wildman–Crippen LogP) is 1.13. The first-order valence-corrected chi connectivity index (χ1v) is 7.46. The number of rotatable bonds is 7. The zero-order chi connectivity index (χ0) is 16.4. The second-order valence-corrected chi connectivity index (χ2v) is 5.93. The summed E-state index contributed by atoms with van der Waals surface area (Å²) in [4.78, 5) is 25.0. The Morgan fingerprint density at radius 2 is 2.09 bits per heavy atom. The minimum Gasteiger partial charge on any atom is -0.481 e. The van der Waals surface area contributed by atoms with Crippen LogP contribution in [0, 0.1) is 19.8 Å². The molecule has 7 heteroatoms. The first-order valence-electron chi connectivity index (χ1n) is 7.46. The molecular weight excluding hydrogens is 286 g/mol. The van der Waals surface area contributed by atoms with E-state index in [2.05, 4.69) is 5.10 Å². The van der Waals surface area contributed by atoms with Crippen molar-refractivity contribution >= 4 is 11.9 Å². The van der Waals surface area contributed by atoms with Crippen molar-refractivity contribution in [1.29, 1.82) is 0 Å². The average Bonchev–Trinajstić information content (AvgIpc) is 3.24. The maximum atomic E-state index is 12.4. The third-order valence-corrected chi connectivity index (χ3v) is 3.98. The number of ether oxygens (including phenoxy) is 1. The van der Waals surface area contributed by atoms with Gasteiger partial charge in [-0.15, -0.1) is 0 Å². The fourth-order valence-electron chi connectivity index (χ4n) is 2.39. The van der Waals surface area contributed by atoms with Crippen molar-refractivity contribution in [3.63, 3.8) is 0 Å². The van der Waals surface area contributed by atoms with E-state index in [1.54, 1.807) is 16.5 Å². The van der Waals surface area contributed by atoms with E-state index in [0.717, 1.165) is 24.2 Å². The van der Waals surface area contributed by atoms with E-state index in [1.165, 1.54) is 0 Å². The van der Waals surface area contributed by atoms with Gasteiger partial charge in [-0.05, 0) is 26.7 Å². The molecule has 0 radical (unpaired) electrons. The molecule has 122 valence electrons. The van der Waals surface area contributed by atoms with Gasteiger partial charge in [0.2, 0.25) is 0 Å². The molecule has 1 atom stereocenters. The van der Waals surface area contributed by atoms with Crippen molar-refractivity contribution < 1.29 is 19.4 Å². The number of aryl methyl sites for hydroxylation is 2. The Kier molecular flexibility index (Phi) is 4.73. The van der Waals surface area contributed by atoms with E-state index in [4.69, 9.17) is 9.84 Å². The van der Waals surface area contributed by atoms with Gasteiger partial charge in [0, 0.05) is 19.6 Å². The van der Waals surface area contributed by atoms with Crippen LogP contribution in [-0.2, 0) is 16.6 Å². The standard InChI is InChI=1S/C15H23N3O4/c1-9(15(20)21)7-18(12-5-6-12)13(19)8-22-14-10(2)16-17(4)11(14)3/h9,12H,5-8H2,1-4H3,(H,20,21)/t9-/m0/s1. The number of aromatic nitrogens is 2. The topological polar surface area (TPSA) is 84.7 Å². The Morgan fingerprint density at radius 1 is 1.45 bits per heavy atom. The average molecular weight is 309 g/mol. The Balaban J connectivity index is 1.98. The number of carbonyl (C=O) groups excluding carboxylic acids is 1. The maximum absolute atomic E-state index is 12.4. The molecule has 1 aliphatic carbocycles. The number of nitrogens with zero attached hydrogens (tertiary/aromatic N) is 3. The van der Waals surface area contributed by atoms with Crippen molar-refractivity contribution in [2.75, 3.05) is 13.2 Å². The van der Waals surface area contributed by atoms with Gasteiger partial charge in [0.1, 0.15) is 5.69 Å². The maximum Gasteiger partial charge on any atom is 0.308 e. The Morgan fingerprint density at radius 3 is 2.55 bits per heavy atom. The summed E-state index contributed by atoms with van der Waals surface area (Å²) in [5.74, 6) is -1.01. The number of carboxylic acid groups (broad SMARTS) is 1. The van der Waals surface area contributed by atoms with Gasteiger partial charge in [0.25, 0.3) is 5.91 Å². The smallest absolute Gasteiger partial charge is 0.308 e. The van der Waals surface area contributed by atoms with Gasteiger partial charge >= 0.3 is 5.97 Å². The molecule has 0 aliphatic heterocycles. The summed E-state index contributed by atoms with van der Waals surface area (Å²) >= 11 is 0. The van der Waals surface area contributed by atoms with Crippen LogP contribution >= 0.6 is 0 Å². The highest BCUT2D eigenvalue weighted by molar-refractivity contribution is 5.79. The number of carbonyl (C=O) groups is 2. The summed E-state index contributed by atoms with van der Waals surface area (Å²) in [5, 5.41) is 13.3. The molecular formula is C15H23N3O4. The summed E-state index contributed by atoms with van der Waals surface area (Å²) in [7, 11) is 1.82. The van der Waals surface area contributed by atoms with Crippen molar-refractivity contribution in [2.45, 2.75) is 39.7 Å². The van der Waals surface area contributed by atoms with E-state index in [9.17, 15) is 9.59 Å². The Bertz CT molecular complexity index is 578. The Labute approximate surface area is 129 Å². The number of carboxylic acids is 1. The monoisotopic (exact) mass is 309 g/mol. The van der Waals surface area contributed by atoms with Crippen LogP contribution < -0.4 is 4.74 Å². The molecule has 0 unspecified atom stereocenters. The molecule has 2 rings (SSSR count). The molecule has 0 bridgehead atoms. The summed E-state index contributed by atoms with van der Waals surface area (Å²) in [6, 6.07) is 0.161. The van der Waals surface area contributed by atoms with Crippen molar-refractivity contribution in [1.82, 2.24) is 14.7 Å². The van der Waals surface area contributed by atoms with E-state index in [1.807, 2.05) is 20.9 Å². The number of hydrogen-bond donors (Lipinski definition) is 1. The summed E-state index contributed by atoms with van der Waals surface area (Å²) in [5.41, 5.74) is 1.60. The normalized spacial score (nSPS) is 15.5. The first kappa shape index (κ1) is 16.3. The van der Waals surface area contributed by atoms with Crippen molar-refractivity contribution in [3.8, 4) is 5.75 Å². The quantitative estimate of drug-likeness (QED) is 0.816. The number of aliphatic carboxylic acids is 1. The van der Waals surface area contributed by atoms with Gasteiger partial charge in [-0.2, -0.15) is 5.10 Å². The molecule has 0 aromatic carbocycles. The summed E-state index contributed by atoms with van der Waals surface area (Å²) in [6.45, 7) is 5.47. The second-order valence-electron chi connectivity index (χ2n) is 5.93. The molecule has 1 N–H and O–H groups in total. The first-order chi connectivity index (χ1) is 10.3. The molecule has 0 spiro atoms. The van der Waals surface area contributed by atoms with Crippen LogP contribution in [0.3, 0.4) is 0 Å². The van der Waals surface area contributed by atoms with E-state index >= 15 is 0 Å². The van der Waals surface area contributed by atoms with E-state index in [-0.39, 0.29) is 25.1 Å². The number of amides is 1. The minimum atomic E-state index is -0.890. The lowest BCUT2D eigenvalue weighted by Gasteiger charge is -2.24. The molecule has 1 amide bonds. The fraction of sp³-hybridized carbons (Fsp3) is 0.667. The Hall–Kier alpha value is -2.05. The molecule has 1 aromatic heterocycles. The van der Waals surface area contributed by atoms with Crippen LogP contribution in [0.1, 0.15) is 31.2 Å². The zero-order valence-electron chi connectivity index (χ0n) is 13.5. The molecule has 22 heavy (non-hydrogen) atoms. The SMILES string of the molecule is Cc1nn(C)c(C)c1OCC(=O)N(C[C@H](C)C(=O)O)C1CC1. The lowest BCUT2D eigenvalue weighted by atomic mass is 10.1. The highest BCUT2D eigenvalue weighted by Crippen LogP contribution is 2.28. The third kappa shape index (κ3) is 3.58. The van der Waals surface area contributed by atoms with Crippen LogP contribution in [0.4, 0.5) is 0 Å². The molecule has 1 aliphatic rings.